The second-order valence-electron chi connectivity index (χ2n) is 9.40. The van der Waals surface area contributed by atoms with E-state index in [1.54, 1.807) is 19.9 Å². The molecule has 3 aromatic heterocycles. The van der Waals surface area contributed by atoms with E-state index in [2.05, 4.69) is 25.7 Å². The Morgan fingerprint density at radius 1 is 1.05 bits per heavy atom. The number of carbonyl (C=O) groups excluding carboxylic acids is 2. The molecule has 0 fully saturated rings. The second-order valence-corrected chi connectivity index (χ2v) is 10.2. The Balaban J connectivity index is 1.73. The minimum Gasteiger partial charge on any atom is -0.352 e. The van der Waals surface area contributed by atoms with Crippen molar-refractivity contribution in [2.24, 2.45) is 0 Å². The van der Waals surface area contributed by atoms with Gasteiger partial charge in [0.1, 0.15) is 5.69 Å². The van der Waals surface area contributed by atoms with E-state index >= 15 is 0 Å². The van der Waals surface area contributed by atoms with Crippen LogP contribution < -0.4 is 5.32 Å². The largest absolute Gasteiger partial charge is 0.460 e. The Labute approximate surface area is 254 Å². The summed E-state index contributed by atoms with van der Waals surface area (Å²) < 4.78 is 94.7. The number of aromatic nitrogens is 6. The topological polar surface area (TPSA) is 108 Å². The van der Waals surface area contributed by atoms with Crippen molar-refractivity contribution < 1.29 is 40.3 Å². The van der Waals surface area contributed by atoms with Gasteiger partial charge < -0.3 is 5.32 Å². The summed E-state index contributed by atoms with van der Waals surface area (Å²) in [4.78, 5) is 30.5. The maximum Gasteiger partial charge on any atom is 0.460 e. The van der Waals surface area contributed by atoms with Crippen LogP contribution in [0.3, 0.4) is 0 Å². The maximum absolute atomic E-state index is 14.1. The molecule has 9 nitrogen and oxygen atoms in total. The first kappa shape index (κ1) is 32.9. The highest BCUT2D eigenvalue weighted by molar-refractivity contribution is 6.32. The summed E-state index contributed by atoms with van der Waals surface area (Å²) in [5, 5.41) is 13.2. The molecule has 0 unspecified atom stereocenters. The van der Waals surface area contributed by atoms with Gasteiger partial charge in [-0.05, 0) is 55.3 Å². The highest BCUT2D eigenvalue weighted by Crippen LogP contribution is 2.51. The predicted octanol–water partition coefficient (Wildman–Crippen LogP) is 5.99. The lowest BCUT2D eigenvalue weighted by atomic mass is 9.95. The molecule has 44 heavy (non-hydrogen) atoms. The van der Waals surface area contributed by atoms with Crippen LogP contribution >= 0.6 is 23.2 Å². The van der Waals surface area contributed by atoms with Crippen LogP contribution in [-0.4, -0.2) is 60.1 Å². The number of hydrogen-bond acceptors (Lipinski definition) is 6. The predicted molar refractivity (Wildman–Crippen MR) is 143 cm³/mol. The zero-order valence-electron chi connectivity index (χ0n) is 22.6. The van der Waals surface area contributed by atoms with Crippen molar-refractivity contribution in [3.8, 4) is 5.82 Å². The van der Waals surface area contributed by atoms with Gasteiger partial charge in [-0.25, -0.2) is 14.3 Å². The molecule has 234 valence electrons. The second kappa shape index (κ2) is 12.1. The normalized spacial score (nSPS) is 12.4. The van der Waals surface area contributed by atoms with Gasteiger partial charge in [-0.1, -0.05) is 28.4 Å². The van der Waals surface area contributed by atoms with E-state index in [9.17, 15) is 40.3 Å². The Hall–Kier alpha value is -4.05. The lowest BCUT2D eigenvalue weighted by molar-refractivity contribution is -0.360. The van der Waals surface area contributed by atoms with E-state index in [0.29, 0.717) is 22.4 Å². The average Bonchev–Trinajstić information content (AvgIpc) is 3.57. The third kappa shape index (κ3) is 6.26. The molecule has 1 aromatic carbocycles. The van der Waals surface area contributed by atoms with Gasteiger partial charge in [0.2, 0.25) is 0 Å². The number of Topliss-reactive ketones (excluding diaryl/α,β-unsaturated/α-hetero) is 1. The molecule has 1 amide bonds. The van der Waals surface area contributed by atoms with Crippen LogP contribution in [0.15, 0.2) is 42.7 Å². The van der Waals surface area contributed by atoms with Crippen LogP contribution in [0.2, 0.25) is 10.0 Å². The Morgan fingerprint density at radius 2 is 1.75 bits per heavy atom. The fourth-order valence-corrected chi connectivity index (χ4v) is 4.62. The van der Waals surface area contributed by atoms with Gasteiger partial charge in [0.25, 0.3) is 5.91 Å². The standard InChI is InChI=1S/C26H20Cl2F7N7O2/c1-3-36-23(44)17-8-14(27)7-13(2)16(17)10-20(43)19-9-15(39-42(19)22-18(28)5-4-6-37-22)11-41-12-21(38-40-41)24(29,30)25(31,32)26(33,34)35/h4-9,12H,3,10-11H2,1-2H3,(H,36,44). The Morgan fingerprint density at radius 3 is 2.39 bits per heavy atom. The van der Waals surface area contributed by atoms with Crippen molar-refractivity contribution >= 4 is 34.9 Å². The summed E-state index contributed by atoms with van der Waals surface area (Å²) in [7, 11) is 0. The highest BCUT2D eigenvalue weighted by Gasteiger charge is 2.74. The van der Waals surface area contributed by atoms with Crippen molar-refractivity contribution in [2.75, 3.05) is 6.54 Å². The molecule has 3 heterocycles. The molecule has 4 aromatic rings. The molecular formula is C26H20Cl2F7N7O2. The molecular weight excluding hydrogens is 646 g/mol. The fourth-order valence-electron chi connectivity index (χ4n) is 4.14. The van der Waals surface area contributed by atoms with Gasteiger partial charge in [-0.3, -0.25) is 9.59 Å². The van der Waals surface area contributed by atoms with Crippen molar-refractivity contribution in [3.05, 3.63) is 86.5 Å². The lowest BCUT2D eigenvalue weighted by Gasteiger charge is -2.26. The van der Waals surface area contributed by atoms with Crippen molar-refractivity contribution in [1.82, 2.24) is 35.1 Å². The van der Waals surface area contributed by atoms with E-state index in [0.717, 1.165) is 4.68 Å². The number of ketones is 1. The minimum absolute atomic E-state index is 0.0174. The molecule has 0 aliphatic heterocycles. The molecule has 18 heteroatoms. The zero-order valence-corrected chi connectivity index (χ0v) is 24.1. The smallest absolute Gasteiger partial charge is 0.352 e. The van der Waals surface area contributed by atoms with Crippen molar-refractivity contribution in [1.29, 1.82) is 0 Å². The first-order chi connectivity index (χ1) is 20.5. The van der Waals surface area contributed by atoms with Gasteiger partial charge in [0.05, 0.1) is 23.5 Å². The third-order valence-corrected chi connectivity index (χ3v) is 6.79. The van der Waals surface area contributed by atoms with E-state index < -0.39 is 42.0 Å². The average molecular weight is 666 g/mol. The number of nitrogens with one attached hydrogen (secondary N) is 1. The van der Waals surface area contributed by atoms with Crippen LogP contribution in [-0.2, 0) is 18.9 Å². The first-order valence-electron chi connectivity index (χ1n) is 12.5. The van der Waals surface area contributed by atoms with Gasteiger partial charge in [-0.15, -0.1) is 5.10 Å². The molecule has 0 radical (unpaired) electrons. The summed E-state index contributed by atoms with van der Waals surface area (Å²) in [6, 6.07) is 7.12. The number of rotatable bonds is 10. The summed E-state index contributed by atoms with van der Waals surface area (Å²) in [5.41, 5.74) is -1.11. The molecule has 0 saturated heterocycles. The number of aryl methyl sites for hydroxylation is 1. The number of carbonyl (C=O) groups is 2. The van der Waals surface area contributed by atoms with Crippen molar-refractivity contribution in [3.63, 3.8) is 0 Å². The van der Waals surface area contributed by atoms with Crippen LogP contribution in [0.5, 0.6) is 0 Å². The zero-order chi connectivity index (χ0) is 32.6. The van der Waals surface area contributed by atoms with Gasteiger partial charge >= 0.3 is 18.0 Å². The monoisotopic (exact) mass is 665 g/mol. The van der Waals surface area contributed by atoms with Crippen LogP contribution in [0, 0.1) is 6.92 Å². The number of alkyl halides is 7. The summed E-state index contributed by atoms with van der Waals surface area (Å²) in [6.07, 6.45) is -5.34. The lowest BCUT2D eigenvalue weighted by Crippen LogP contribution is -2.50. The molecule has 0 bridgehead atoms. The van der Waals surface area contributed by atoms with Gasteiger partial charge in [0.15, 0.2) is 17.3 Å². The molecule has 0 spiro atoms. The maximum atomic E-state index is 14.1. The Kier molecular flexibility index (Phi) is 9.07. The molecule has 0 saturated carbocycles. The molecule has 0 atom stereocenters. The number of pyridine rings is 1. The fraction of sp³-hybridized carbons (Fsp3) is 0.308. The molecule has 1 N–H and O–H groups in total. The highest BCUT2D eigenvalue weighted by atomic mass is 35.5. The SMILES string of the molecule is CCNC(=O)c1cc(Cl)cc(C)c1CC(=O)c1cc(Cn2cc(C(F)(F)C(F)(F)C(F)(F)F)nn2)nn1-c1ncccc1Cl. The van der Waals surface area contributed by atoms with E-state index in [4.69, 9.17) is 23.2 Å². The first-order valence-corrected chi connectivity index (χ1v) is 13.3. The molecule has 0 aliphatic carbocycles. The van der Waals surface area contributed by atoms with Crippen LogP contribution in [0.4, 0.5) is 30.7 Å². The number of nitrogens with zero attached hydrogens (tertiary/aromatic N) is 6. The third-order valence-electron chi connectivity index (χ3n) is 6.28. The number of hydrogen-bond donors (Lipinski definition) is 1. The summed E-state index contributed by atoms with van der Waals surface area (Å²) in [5.74, 6) is -13.3. The van der Waals surface area contributed by atoms with Gasteiger partial charge in [-0.2, -0.15) is 35.8 Å². The summed E-state index contributed by atoms with van der Waals surface area (Å²) in [6.45, 7) is 3.08. The number of halogens is 9. The quantitative estimate of drug-likeness (QED) is 0.165. The number of benzene rings is 1. The van der Waals surface area contributed by atoms with Gasteiger partial charge in [0, 0.05) is 29.7 Å². The van der Waals surface area contributed by atoms with Crippen LogP contribution in [0.25, 0.3) is 5.82 Å². The Bertz CT molecular complexity index is 1720. The molecule has 0 aliphatic rings. The van der Waals surface area contributed by atoms with E-state index in [1.807, 2.05) is 0 Å². The minimum atomic E-state index is -6.56. The van der Waals surface area contributed by atoms with Crippen molar-refractivity contribution in [2.45, 2.75) is 44.8 Å². The van der Waals surface area contributed by atoms with Crippen LogP contribution in [0.1, 0.15) is 50.3 Å². The van der Waals surface area contributed by atoms with E-state index in [-0.39, 0.29) is 45.4 Å². The number of amides is 1. The van der Waals surface area contributed by atoms with E-state index in [1.165, 1.54) is 30.5 Å². The molecule has 4 rings (SSSR count). The summed E-state index contributed by atoms with van der Waals surface area (Å²) >= 11 is 12.4.